The van der Waals surface area contributed by atoms with Crippen LogP contribution < -0.4 is 4.34 Å². The monoisotopic (exact) mass is 178 g/mol. The van der Waals surface area contributed by atoms with E-state index < -0.39 is 6.87 Å². The van der Waals surface area contributed by atoms with E-state index in [-0.39, 0.29) is 0 Å². The van der Waals surface area contributed by atoms with Gasteiger partial charge in [0.25, 0.3) is 0 Å². The SMILES string of the molecule is O=P(O)(Cl)[n+]1ccccc1. The molecule has 0 saturated carbocycles. The van der Waals surface area contributed by atoms with Crippen LogP contribution in [0.2, 0.25) is 0 Å². The highest BCUT2D eigenvalue weighted by molar-refractivity contribution is 7.79. The van der Waals surface area contributed by atoms with Crippen molar-refractivity contribution in [2.75, 3.05) is 0 Å². The van der Waals surface area contributed by atoms with Crippen LogP contribution in [0.5, 0.6) is 0 Å². The number of rotatable bonds is 1. The van der Waals surface area contributed by atoms with Gasteiger partial charge in [0.05, 0.1) is 0 Å². The largest absolute Gasteiger partial charge is 0.553 e. The van der Waals surface area contributed by atoms with Crippen LogP contribution in [-0.4, -0.2) is 4.89 Å². The standard InChI is InChI=1S/C5H5ClNO2P/c6-10(8,9)7-4-2-1-3-5-7/h1-5H/p+1. The first-order chi connectivity index (χ1) is 4.61. The van der Waals surface area contributed by atoms with E-state index in [0.717, 1.165) is 4.34 Å². The number of aromatic nitrogens is 1. The van der Waals surface area contributed by atoms with Crippen molar-refractivity contribution in [1.29, 1.82) is 0 Å². The summed E-state index contributed by atoms with van der Waals surface area (Å²) in [6, 6.07) is 5.00. The molecule has 1 unspecified atom stereocenters. The summed E-state index contributed by atoms with van der Waals surface area (Å²) in [6.45, 7) is -3.63. The van der Waals surface area contributed by atoms with Gasteiger partial charge in [-0.05, 0) is 0 Å². The summed E-state index contributed by atoms with van der Waals surface area (Å²) < 4.78 is 11.8. The van der Waals surface area contributed by atoms with Crippen molar-refractivity contribution >= 4 is 18.1 Å². The Bertz CT molecular complexity index is 258. The van der Waals surface area contributed by atoms with Crippen LogP contribution in [0.1, 0.15) is 0 Å². The highest BCUT2D eigenvalue weighted by Crippen LogP contribution is 2.39. The number of hydrogen-bond acceptors (Lipinski definition) is 1. The molecule has 10 heavy (non-hydrogen) atoms. The fourth-order valence-electron chi connectivity index (χ4n) is 0.554. The number of nitrogens with zero attached hydrogens (tertiary/aromatic N) is 1. The maximum absolute atomic E-state index is 10.7. The zero-order valence-electron chi connectivity index (χ0n) is 5.01. The average Bonchev–Trinajstić information content (AvgIpc) is 1.88. The van der Waals surface area contributed by atoms with E-state index >= 15 is 0 Å². The molecule has 0 amide bonds. The first kappa shape index (κ1) is 7.73. The summed E-state index contributed by atoms with van der Waals surface area (Å²) in [5.41, 5.74) is 0. The molecule has 1 aromatic rings. The van der Waals surface area contributed by atoms with E-state index in [1.54, 1.807) is 18.2 Å². The minimum atomic E-state index is -3.63. The minimum absolute atomic E-state index is 1.06. The molecular weight excluding hydrogens is 172 g/mol. The predicted octanol–water partition coefficient (Wildman–Crippen LogP) is 1.16. The Morgan fingerprint density at radius 2 is 1.80 bits per heavy atom. The molecule has 0 aliphatic rings. The predicted molar refractivity (Wildman–Crippen MR) is 37.7 cm³/mol. The van der Waals surface area contributed by atoms with Gasteiger partial charge in [-0.1, -0.05) is 6.07 Å². The summed E-state index contributed by atoms with van der Waals surface area (Å²) >= 11 is 5.13. The van der Waals surface area contributed by atoms with Crippen molar-refractivity contribution < 1.29 is 13.8 Å². The van der Waals surface area contributed by atoms with Crippen LogP contribution in [0.4, 0.5) is 0 Å². The lowest BCUT2D eigenvalue weighted by molar-refractivity contribution is -0.524. The zero-order valence-corrected chi connectivity index (χ0v) is 6.66. The summed E-state index contributed by atoms with van der Waals surface area (Å²) in [5.74, 6) is 0. The van der Waals surface area contributed by atoms with Crippen molar-refractivity contribution in [3.63, 3.8) is 0 Å². The Morgan fingerprint density at radius 1 is 1.30 bits per heavy atom. The maximum atomic E-state index is 10.7. The van der Waals surface area contributed by atoms with Gasteiger partial charge in [-0.2, -0.15) is 0 Å². The van der Waals surface area contributed by atoms with Gasteiger partial charge in [0.15, 0.2) is 12.4 Å². The van der Waals surface area contributed by atoms with Crippen molar-refractivity contribution in [3.05, 3.63) is 30.6 Å². The molecule has 0 bridgehead atoms. The lowest BCUT2D eigenvalue weighted by atomic mass is 10.5. The number of pyridine rings is 1. The van der Waals surface area contributed by atoms with Gasteiger partial charge < -0.3 is 0 Å². The summed E-state index contributed by atoms with van der Waals surface area (Å²) in [6.07, 6.45) is 2.88. The third-order valence-electron chi connectivity index (χ3n) is 0.985. The molecule has 1 aromatic heterocycles. The van der Waals surface area contributed by atoms with Crippen molar-refractivity contribution in [3.8, 4) is 0 Å². The Balaban J connectivity index is 3.09. The molecule has 0 fully saturated rings. The second-order valence-electron chi connectivity index (χ2n) is 1.73. The Morgan fingerprint density at radius 3 is 2.10 bits per heavy atom. The Labute approximate surface area is 63.2 Å². The summed E-state index contributed by atoms with van der Waals surface area (Å²) in [5, 5.41) is 0. The molecule has 1 heterocycles. The van der Waals surface area contributed by atoms with Crippen LogP contribution in [-0.2, 0) is 4.57 Å². The van der Waals surface area contributed by atoms with Gasteiger partial charge in [0.1, 0.15) is 0 Å². The first-order valence-electron chi connectivity index (χ1n) is 2.60. The smallest absolute Gasteiger partial charge is 0.281 e. The van der Waals surface area contributed by atoms with Crippen molar-refractivity contribution in [2.45, 2.75) is 0 Å². The average molecular weight is 179 g/mol. The summed E-state index contributed by atoms with van der Waals surface area (Å²) in [4.78, 5) is 8.77. The molecule has 1 rings (SSSR count). The third-order valence-corrected chi connectivity index (χ3v) is 2.34. The molecule has 0 aliphatic carbocycles. The Kier molecular flexibility index (Phi) is 2.09. The van der Waals surface area contributed by atoms with E-state index in [2.05, 4.69) is 0 Å². The molecule has 5 heteroatoms. The molecular formula is C5H6ClNO2P+. The first-order valence-corrected chi connectivity index (χ1v) is 5.12. The van der Waals surface area contributed by atoms with Gasteiger partial charge in [0.2, 0.25) is 0 Å². The van der Waals surface area contributed by atoms with Crippen LogP contribution in [0.15, 0.2) is 30.6 Å². The maximum Gasteiger partial charge on any atom is 0.553 e. The number of halogens is 1. The van der Waals surface area contributed by atoms with Gasteiger partial charge in [-0.3, -0.25) is 4.89 Å². The van der Waals surface area contributed by atoms with E-state index in [1.165, 1.54) is 12.4 Å². The quantitative estimate of drug-likeness (QED) is 0.656. The van der Waals surface area contributed by atoms with Gasteiger partial charge in [-0.25, -0.2) is 4.57 Å². The topological polar surface area (TPSA) is 41.2 Å². The van der Waals surface area contributed by atoms with Crippen LogP contribution >= 0.6 is 18.1 Å². The second kappa shape index (κ2) is 2.70. The molecule has 3 nitrogen and oxygen atoms in total. The van der Waals surface area contributed by atoms with E-state index in [0.29, 0.717) is 0 Å². The highest BCUT2D eigenvalue weighted by atomic mass is 35.7. The molecule has 0 aromatic carbocycles. The molecule has 1 atom stereocenters. The van der Waals surface area contributed by atoms with Gasteiger partial charge in [-0.15, -0.1) is 4.34 Å². The van der Waals surface area contributed by atoms with Crippen molar-refractivity contribution in [1.82, 2.24) is 0 Å². The molecule has 1 N–H and O–H groups in total. The normalized spacial score (nSPS) is 16.2. The minimum Gasteiger partial charge on any atom is -0.281 e. The van der Waals surface area contributed by atoms with E-state index in [1.807, 2.05) is 0 Å². The fraction of sp³-hybridized carbons (Fsp3) is 0. The molecule has 0 radical (unpaired) electrons. The molecule has 54 valence electrons. The molecule has 0 saturated heterocycles. The third kappa shape index (κ3) is 1.81. The molecule has 0 spiro atoms. The van der Waals surface area contributed by atoms with Gasteiger partial charge >= 0.3 is 6.87 Å². The van der Waals surface area contributed by atoms with Crippen LogP contribution in [0, 0.1) is 0 Å². The lowest BCUT2D eigenvalue weighted by Gasteiger charge is -1.92. The van der Waals surface area contributed by atoms with E-state index in [4.69, 9.17) is 16.1 Å². The second-order valence-corrected chi connectivity index (χ2v) is 4.46. The van der Waals surface area contributed by atoms with Crippen molar-refractivity contribution in [2.24, 2.45) is 0 Å². The van der Waals surface area contributed by atoms with Crippen LogP contribution in [0.3, 0.4) is 0 Å². The fourth-order valence-corrected chi connectivity index (χ4v) is 1.34. The lowest BCUT2D eigenvalue weighted by Crippen LogP contribution is -2.26. The van der Waals surface area contributed by atoms with Crippen LogP contribution in [0.25, 0.3) is 0 Å². The van der Waals surface area contributed by atoms with E-state index in [9.17, 15) is 4.57 Å². The summed E-state index contributed by atoms with van der Waals surface area (Å²) in [7, 11) is 0. The molecule has 0 aliphatic heterocycles. The zero-order chi connectivity index (χ0) is 7.61. The highest BCUT2D eigenvalue weighted by Gasteiger charge is 2.25. The number of hydrogen-bond donors (Lipinski definition) is 1. The van der Waals surface area contributed by atoms with Gasteiger partial charge in [0, 0.05) is 23.4 Å². The Hall–Kier alpha value is -0.370.